The molecular weight excluding hydrogens is 468 g/mol. The Kier molecular flexibility index (Phi) is 4.26. The van der Waals surface area contributed by atoms with Gasteiger partial charge in [-0.1, -0.05) is 15.9 Å². The van der Waals surface area contributed by atoms with Crippen molar-refractivity contribution in [2.24, 2.45) is 0 Å². The molecule has 0 saturated heterocycles. The van der Waals surface area contributed by atoms with Gasteiger partial charge in [0.15, 0.2) is 0 Å². The van der Waals surface area contributed by atoms with Crippen LogP contribution in [0.25, 0.3) is 0 Å². The second-order valence-corrected chi connectivity index (χ2v) is 13.7. The van der Waals surface area contributed by atoms with Gasteiger partial charge in [0.2, 0.25) is 11.3 Å². The van der Waals surface area contributed by atoms with Crippen LogP contribution in [-0.4, -0.2) is 9.89 Å². The minimum absolute atomic E-state index is 0.228. The van der Waals surface area contributed by atoms with E-state index in [0.717, 1.165) is 4.47 Å². The molecule has 2 nitrogen and oxygen atoms in total. The largest absolute Gasteiger partial charge is 0.239 e. The second-order valence-electron chi connectivity index (χ2n) is 2.40. The molecule has 0 atom stereocenters. The third kappa shape index (κ3) is 2.81. The molecule has 0 aliphatic heterocycles. The minimum Gasteiger partial charge on any atom is -0.220 e. The van der Waals surface area contributed by atoms with Crippen LogP contribution in [0.5, 0.6) is 0 Å². The zero-order chi connectivity index (χ0) is 11.0. The zero-order valence-electron chi connectivity index (χ0n) is 6.55. The van der Waals surface area contributed by atoms with Gasteiger partial charge >= 0.3 is 0 Å². The Morgan fingerprint density at radius 1 is 1.00 bits per heavy atom. The van der Waals surface area contributed by atoms with Crippen molar-refractivity contribution < 1.29 is 8.42 Å². The second kappa shape index (κ2) is 4.53. The van der Waals surface area contributed by atoms with Crippen molar-refractivity contribution in [2.75, 3.05) is 0 Å². The summed E-state index contributed by atoms with van der Waals surface area (Å²) in [6, 6.07) is 6.40. The van der Waals surface area contributed by atoms with Gasteiger partial charge in [-0.05, 0) is 72.1 Å². The lowest BCUT2D eigenvalue weighted by Crippen LogP contribution is -2.17. The maximum atomic E-state index is 11.8. The molecule has 0 aliphatic carbocycles. The highest BCUT2D eigenvalue weighted by Crippen LogP contribution is 2.43. The van der Waals surface area contributed by atoms with E-state index < -0.39 is 11.3 Å². The lowest BCUT2D eigenvalue weighted by molar-refractivity contribution is 0.599. The van der Waals surface area contributed by atoms with Crippen molar-refractivity contribution in [3.63, 3.8) is 0 Å². The summed E-state index contributed by atoms with van der Waals surface area (Å²) >= 11 is 12.2. The van der Waals surface area contributed by atoms with Gasteiger partial charge in [-0.25, -0.2) is 8.42 Å². The fraction of sp³-hybridized carbons (Fsp3) is 0.143. The van der Waals surface area contributed by atoms with Crippen molar-refractivity contribution in [2.45, 2.75) is 6.37 Å². The average Bonchev–Trinajstić information content (AvgIpc) is 2.03. The Morgan fingerprint density at radius 2 is 1.43 bits per heavy atom. The number of rotatable bonds is 1. The van der Waals surface area contributed by atoms with Crippen LogP contribution in [0.3, 0.4) is 0 Å². The summed E-state index contributed by atoms with van der Waals surface area (Å²) in [6.45, 7) is 0. The molecule has 1 rings (SSSR count). The molecule has 1 aromatic rings. The van der Waals surface area contributed by atoms with Gasteiger partial charge in [0.1, 0.15) is 0 Å². The molecule has 0 unspecified atom stereocenters. The van der Waals surface area contributed by atoms with E-state index in [1.54, 1.807) is 12.1 Å². The van der Waals surface area contributed by atoms with Crippen molar-refractivity contribution in [1.29, 1.82) is 0 Å². The maximum Gasteiger partial charge on any atom is 0.239 e. The topological polar surface area (TPSA) is 34.1 Å². The number of hydrogen-bond donors (Lipinski definition) is 0. The van der Waals surface area contributed by atoms with E-state index in [0.29, 0.717) is 0 Å². The van der Waals surface area contributed by atoms with Crippen molar-refractivity contribution in [1.82, 2.24) is 0 Å². The van der Waals surface area contributed by atoms with E-state index in [-0.39, 0.29) is 4.90 Å². The van der Waals surface area contributed by atoms with E-state index >= 15 is 0 Å². The van der Waals surface area contributed by atoms with Gasteiger partial charge in [0.05, 0.1) is 4.90 Å². The van der Waals surface area contributed by atoms with E-state index in [4.69, 9.17) is 0 Å². The summed E-state index contributed by atoms with van der Waals surface area (Å²) in [5.41, 5.74) is 0. The standard InChI is InChI=1S/C7H4Br4O2S/c8-5-1-3-6(4-2-5)14(12,13)7(9,10)11/h1-4H. The molecule has 0 saturated carbocycles. The summed E-state index contributed by atoms with van der Waals surface area (Å²) in [5.74, 6) is 0. The van der Waals surface area contributed by atoms with Crippen LogP contribution in [0.15, 0.2) is 33.6 Å². The average molecular weight is 472 g/mol. The first-order valence-electron chi connectivity index (χ1n) is 3.32. The molecule has 1 aromatic carbocycles. The monoisotopic (exact) mass is 468 g/mol. The summed E-state index contributed by atoms with van der Waals surface area (Å²) in [4.78, 5) is 0.228. The van der Waals surface area contributed by atoms with Gasteiger partial charge in [-0.2, -0.15) is 0 Å². The first kappa shape index (κ1) is 13.2. The third-order valence-electron chi connectivity index (χ3n) is 1.43. The highest BCUT2D eigenvalue weighted by atomic mass is 80.0. The normalized spacial score (nSPS) is 12.9. The fourth-order valence-corrected chi connectivity index (χ4v) is 3.46. The number of benzene rings is 1. The number of sulfone groups is 1. The number of alkyl halides is 3. The Hall–Kier alpha value is 1.09. The SMILES string of the molecule is O=S(=O)(c1ccc(Br)cc1)C(Br)(Br)Br. The van der Waals surface area contributed by atoms with Crippen LogP contribution in [-0.2, 0) is 9.84 Å². The predicted molar refractivity (Wildman–Crippen MR) is 70.8 cm³/mol. The van der Waals surface area contributed by atoms with E-state index in [2.05, 4.69) is 63.7 Å². The molecule has 0 fully saturated rings. The van der Waals surface area contributed by atoms with Gasteiger partial charge in [-0.15, -0.1) is 0 Å². The van der Waals surface area contributed by atoms with Crippen LogP contribution < -0.4 is 0 Å². The Morgan fingerprint density at radius 3 is 1.79 bits per heavy atom. The van der Waals surface area contributed by atoms with Crippen LogP contribution >= 0.6 is 63.7 Å². The molecule has 14 heavy (non-hydrogen) atoms. The van der Waals surface area contributed by atoms with Crippen molar-refractivity contribution in [3.05, 3.63) is 28.7 Å². The number of halogens is 4. The van der Waals surface area contributed by atoms with E-state index in [1.807, 2.05) is 0 Å². The van der Waals surface area contributed by atoms with E-state index in [1.165, 1.54) is 12.1 Å². The molecule has 0 aromatic heterocycles. The lowest BCUT2D eigenvalue weighted by Gasteiger charge is -2.13. The quantitative estimate of drug-likeness (QED) is 0.580. The van der Waals surface area contributed by atoms with Gasteiger partial charge < -0.3 is 0 Å². The Labute approximate surface area is 116 Å². The molecule has 7 heteroatoms. The maximum absolute atomic E-state index is 11.8. The first-order valence-corrected chi connectivity index (χ1v) is 7.97. The lowest BCUT2D eigenvalue weighted by atomic mass is 10.4. The van der Waals surface area contributed by atoms with Crippen molar-refractivity contribution >= 4 is 73.6 Å². The zero-order valence-corrected chi connectivity index (χ0v) is 13.7. The van der Waals surface area contributed by atoms with Crippen LogP contribution in [0, 0.1) is 0 Å². The molecule has 0 bridgehead atoms. The molecular formula is C7H4Br4O2S. The fourth-order valence-electron chi connectivity index (χ4n) is 0.747. The van der Waals surface area contributed by atoms with Crippen LogP contribution in [0.2, 0.25) is 0 Å². The smallest absolute Gasteiger partial charge is 0.220 e. The molecule has 0 aliphatic rings. The highest BCUT2D eigenvalue weighted by molar-refractivity contribution is 9.42. The summed E-state index contributed by atoms with van der Waals surface area (Å²) < 4.78 is 23.1. The molecule has 78 valence electrons. The molecule has 0 radical (unpaired) electrons. The van der Waals surface area contributed by atoms with Gasteiger partial charge in [0, 0.05) is 4.47 Å². The summed E-state index contributed by atoms with van der Waals surface area (Å²) in [7, 11) is -3.46. The molecule has 0 heterocycles. The summed E-state index contributed by atoms with van der Waals surface area (Å²) in [6.07, 6.45) is 0. The minimum atomic E-state index is -3.46. The first-order chi connectivity index (χ1) is 6.25. The number of hydrogen-bond acceptors (Lipinski definition) is 2. The third-order valence-corrected chi connectivity index (χ3v) is 7.30. The van der Waals surface area contributed by atoms with Crippen molar-refractivity contribution in [3.8, 4) is 0 Å². The molecule has 0 N–H and O–H groups in total. The van der Waals surface area contributed by atoms with Gasteiger partial charge in [0.25, 0.3) is 0 Å². The Bertz CT molecular complexity index is 418. The summed E-state index contributed by atoms with van der Waals surface area (Å²) in [5, 5.41) is 0. The van der Waals surface area contributed by atoms with E-state index in [9.17, 15) is 8.42 Å². The molecule has 0 amide bonds. The Balaban J connectivity index is 3.25. The highest BCUT2D eigenvalue weighted by Gasteiger charge is 2.37. The van der Waals surface area contributed by atoms with Crippen LogP contribution in [0.4, 0.5) is 0 Å². The van der Waals surface area contributed by atoms with Gasteiger partial charge in [-0.3, -0.25) is 0 Å². The molecule has 0 spiro atoms. The predicted octanol–water partition coefficient (Wildman–Crippen LogP) is 4.02. The van der Waals surface area contributed by atoms with Crippen LogP contribution in [0.1, 0.15) is 0 Å².